The fourth-order valence-electron chi connectivity index (χ4n) is 7.12. The van der Waals surface area contributed by atoms with Crippen molar-refractivity contribution >= 4 is 37.9 Å². The fourth-order valence-corrected chi connectivity index (χ4v) is 9.46. The minimum atomic E-state index is -2.95. The number of thiazole rings is 1. The van der Waals surface area contributed by atoms with Gasteiger partial charge in [0.2, 0.25) is 5.91 Å². The molecule has 43 heavy (non-hydrogen) atoms. The molecule has 2 aliphatic carbocycles. The monoisotopic (exact) mass is 625 g/mol. The quantitative estimate of drug-likeness (QED) is 0.483. The third-order valence-electron chi connectivity index (χ3n) is 9.23. The van der Waals surface area contributed by atoms with E-state index in [1.54, 1.807) is 11.3 Å². The first-order chi connectivity index (χ1) is 20.3. The molecule has 2 aromatic rings. The Morgan fingerprint density at radius 1 is 1.02 bits per heavy atom. The molecule has 6 rings (SSSR count). The summed E-state index contributed by atoms with van der Waals surface area (Å²) in [6.45, 7) is 10.9. The predicted molar refractivity (Wildman–Crippen MR) is 170 cm³/mol. The van der Waals surface area contributed by atoms with Crippen LogP contribution in [0.1, 0.15) is 77.8 Å². The number of carbonyl (C=O) groups is 1. The summed E-state index contributed by atoms with van der Waals surface area (Å²) >= 11 is 1.68. The van der Waals surface area contributed by atoms with Crippen molar-refractivity contribution in [1.29, 1.82) is 5.26 Å². The molecule has 11 heteroatoms. The maximum atomic E-state index is 13.6. The average molecular weight is 626 g/mol. The van der Waals surface area contributed by atoms with E-state index in [4.69, 9.17) is 9.72 Å². The first-order valence-corrected chi connectivity index (χ1v) is 18.2. The van der Waals surface area contributed by atoms with Crippen LogP contribution < -0.4 is 15.1 Å². The summed E-state index contributed by atoms with van der Waals surface area (Å²) in [4.78, 5) is 24.5. The second-order valence-electron chi connectivity index (χ2n) is 14.1. The molecule has 3 heterocycles. The van der Waals surface area contributed by atoms with Gasteiger partial charge in [0, 0.05) is 43.7 Å². The maximum absolute atomic E-state index is 13.6. The second kappa shape index (κ2) is 11.0. The normalized spacial score (nSPS) is 27.2. The lowest BCUT2D eigenvalue weighted by atomic mass is 9.76. The molecule has 1 N–H and O–H groups in total. The summed E-state index contributed by atoms with van der Waals surface area (Å²) in [6.07, 6.45) is 5.14. The highest BCUT2D eigenvalue weighted by Crippen LogP contribution is 2.47. The number of nitrogens with one attached hydrogen (secondary N) is 1. The average Bonchev–Trinajstić information content (AvgIpc) is 3.57. The van der Waals surface area contributed by atoms with Crippen LogP contribution in [0.5, 0.6) is 0 Å². The maximum Gasteiger partial charge on any atom is 0.225 e. The van der Waals surface area contributed by atoms with Gasteiger partial charge in [-0.3, -0.25) is 4.79 Å². The molecule has 232 valence electrons. The number of amides is 1. The number of rotatable bonds is 6. The van der Waals surface area contributed by atoms with Crippen molar-refractivity contribution in [2.45, 2.75) is 88.9 Å². The lowest BCUT2D eigenvalue weighted by Gasteiger charge is -2.47. The summed E-state index contributed by atoms with van der Waals surface area (Å²) < 4.78 is 30.3. The molecule has 4 fully saturated rings. The standard InChI is InChI=1S/C32H43N5O4S2/c1-30(2)20-37(21-31(3,4)41-30)29-34-26(24-7-5-6-8-25(24)28(38)35-32(19-33)13-14-32)27(42-29)22-9-11-23(12-10-22)36-15-17-43(39,40)18-16-36/h9-12,24-25H,5-8,13-18,20-21H2,1-4H3,(H,35,38)/t24-,25-/m1/s1. The number of anilines is 2. The van der Waals surface area contributed by atoms with Gasteiger partial charge in [-0.05, 0) is 71.1 Å². The third-order valence-corrected chi connectivity index (χ3v) is 12.0. The van der Waals surface area contributed by atoms with Crippen molar-refractivity contribution in [3.05, 3.63) is 30.0 Å². The summed E-state index contributed by atoms with van der Waals surface area (Å²) in [6, 6.07) is 10.7. The summed E-state index contributed by atoms with van der Waals surface area (Å²) in [5.74, 6) is 0.0920. The molecule has 0 unspecified atom stereocenters. The molecule has 0 radical (unpaired) electrons. The van der Waals surface area contributed by atoms with Crippen LogP contribution >= 0.6 is 11.3 Å². The van der Waals surface area contributed by atoms with Crippen molar-refractivity contribution < 1.29 is 17.9 Å². The van der Waals surface area contributed by atoms with Crippen LogP contribution in [0.15, 0.2) is 24.3 Å². The minimum absolute atomic E-state index is 0.0201. The van der Waals surface area contributed by atoms with Crippen molar-refractivity contribution in [1.82, 2.24) is 10.3 Å². The van der Waals surface area contributed by atoms with Crippen molar-refractivity contribution in [2.75, 3.05) is 47.5 Å². The van der Waals surface area contributed by atoms with E-state index in [1.165, 1.54) is 0 Å². The Balaban J connectivity index is 1.35. The van der Waals surface area contributed by atoms with E-state index < -0.39 is 15.4 Å². The highest BCUT2D eigenvalue weighted by molar-refractivity contribution is 7.91. The molecule has 1 aromatic heterocycles. The number of sulfone groups is 1. The Labute approximate surface area is 259 Å². The number of benzene rings is 1. The van der Waals surface area contributed by atoms with Crippen molar-refractivity contribution in [3.8, 4) is 16.5 Å². The molecular formula is C32H43N5O4S2. The van der Waals surface area contributed by atoms with E-state index in [1.807, 2.05) is 0 Å². The third kappa shape index (κ3) is 6.57. The summed E-state index contributed by atoms with van der Waals surface area (Å²) in [5.41, 5.74) is 1.69. The van der Waals surface area contributed by atoms with Crippen LogP contribution in [0, 0.1) is 17.2 Å². The van der Waals surface area contributed by atoms with Gasteiger partial charge in [0.25, 0.3) is 0 Å². The van der Waals surface area contributed by atoms with E-state index >= 15 is 0 Å². The Hall–Kier alpha value is -2.68. The van der Waals surface area contributed by atoms with Crippen LogP contribution in [0.4, 0.5) is 10.8 Å². The van der Waals surface area contributed by atoms with E-state index in [9.17, 15) is 18.5 Å². The SMILES string of the molecule is CC1(C)CN(c2nc([C@@H]3CCCC[C@H]3C(=O)NC3(C#N)CC3)c(-c3ccc(N4CCS(=O)(=O)CC4)cc3)s2)CC(C)(C)O1. The zero-order chi connectivity index (χ0) is 30.6. The van der Waals surface area contributed by atoms with Crippen molar-refractivity contribution in [3.63, 3.8) is 0 Å². The van der Waals surface area contributed by atoms with Gasteiger partial charge in [-0.1, -0.05) is 36.3 Å². The molecule has 4 aliphatic rings. The van der Waals surface area contributed by atoms with Gasteiger partial charge in [0.1, 0.15) is 5.54 Å². The van der Waals surface area contributed by atoms with Crippen molar-refractivity contribution in [2.24, 2.45) is 5.92 Å². The molecule has 0 bridgehead atoms. The Morgan fingerprint density at radius 3 is 2.26 bits per heavy atom. The van der Waals surface area contributed by atoms with Gasteiger partial charge in [0.05, 0.1) is 39.3 Å². The second-order valence-corrected chi connectivity index (χ2v) is 17.3. The fraction of sp³-hybridized carbons (Fsp3) is 0.656. The zero-order valence-corrected chi connectivity index (χ0v) is 27.3. The number of hydrogen-bond donors (Lipinski definition) is 1. The Bertz CT molecular complexity index is 1490. The molecule has 0 spiro atoms. The number of carbonyl (C=O) groups excluding carboxylic acids is 1. The molecule has 2 saturated heterocycles. The first-order valence-electron chi connectivity index (χ1n) is 15.5. The lowest BCUT2D eigenvalue weighted by Crippen LogP contribution is -2.57. The molecular weight excluding hydrogens is 583 g/mol. The molecule has 2 aliphatic heterocycles. The lowest BCUT2D eigenvalue weighted by molar-refractivity contribution is -0.133. The van der Waals surface area contributed by atoms with E-state index in [2.05, 4.69) is 73.1 Å². The van der Waals surface area contributed by atoms with Crippen LogP contribution in [0.25, 0.3) is 10.4 Å². The van der Waals surface area contributed by atoms with Gasteiger partial charge in [-0.25, -0.2) is 13.4 Å². The Kier molecular flexibility index (Phi) is 7.79. The van der Waals surface area contributed by atoms with Crippen LogP contribution in [-0.4, -0.2) is 73.7 Å². The largest absolute Gasteiger partial charge is 0.369 e. The number of ether oxygens (including phenoxy) is 1. The Morgan fingerprint density at radius 2 is 1.65 bits per heavy atom. The smallest absolute Gasteiger partial charge is 0.225 e. The topological polar surface area (TPSA) is 116 Å². The zero-order valence-electron chi connectivity index (χ0n) is 25.7. The van der Waals surface area contributed by atoms with Gasteiger partial charge < -0.3 is 19.9 Å². The first kappa shape index (κ1) is 30.4. The highest BCUT2D eigenvalue weighted by Gasteiger charge is 2.47. The van der Waals surface area contributed by atoms with Gasteiger partial charge in [-0.15, -0.1) is 0 Å². The molecule has 1 amide bonds. The number of hydrogen-bond acceptors (Lipinski definition) is 9. The summed E-state index contributed by atoms with van der Waals surface area (Å²) in [7, 11) is -2.95. The number of nitrogens with zero attached hydrogens (tertiary/aromatic N) is 4. The molecule has 2 atom stereocenters. The molecule has 1 aromatic carbocycles. The van der Waals surface area contributed by atoms with Gasteiger partial charge in [0.15, 0.2) is 15.0 Å². The van der Waals surface area contributed by atoms with Gasteiger partial charge in [-0.2, -0.15) is 5.26 Å². The predicted octanol–water partition coefficient (Wildman–Crippen LogP) is 4.88. The number of nitriles is 1. The number of morpholine rings is 1. The summed E-state index contributed by atoms with van der Waals surface area (Å²) in [5, 5.41) is 13.7. The van der Waals surface area contributed by atoms with Crippen LogP contribution in [0.2, 0.25) is 0 Å². The highest BCUT2D eigenvalue weighted by atomic mass is 32.2. The molecule has 9 nitrogen and oxygen atoms in total. The van der Waals surface area contributed by atoms with Crippen LogP contribution in [0.3, 0.4) is 0 Å². The minimum Gasteiger partial charge on any atom is -0.369 e. The van der Waals surface area contributed by atoms with Crippen LogP contribution in [-0.2, 0) is 19.4 Å². The van der Waals surface area contributed by atoms with E-state index in [0.29, 0.717) is 13.1 Å². The van der Waals surface area contributed by atoms with E-state index in [0.717, 1.165) is 78.6 Å². The van der Waals surface area contributed by atoms with Gasteiger partial charge >= 0.3 is 0 Å². The van der Waals surface area contributed by atoms with E-state index in [-0.39, 0.29) is 40.5 Å². The molecule has 2 saturated carbocycles. The number of aromatic nitrogens is 1.